The first kappa shape index (κ1) is 11.9. The molecular formula is C13H19ClN2. The molecule has 88 valence electrons. The van der Waals surface area contributed by atoms with Crippen LogP contribution < -0.4 is 5.73 Å². The number of hydrogen-bond acceptors (Lipinski definition) is 2. The maximum absolute atomic E-state index is 6.32. The molecule has 0 amide bonds. The first-order valence-electron chi connectivity index (χ1n) is 6.03. The molecule has 1 aliphatic carbocycles. The van der Waals surface area contributed by atoms with E-state index in [-0.39, 0.29) is 6.04 Å². The van der Waals surface area contributed by atoms with Gasteiger partial charge in [0.1, 0.15) is 0 Å². The minimum atomic E-state index is 0.0678. The van der Waals surface area contributed by atoms with Gasteiger partial charge in [-0.2, -0.15) is 0 Å². The quantitative estimate of drug-likeness (QED) is 0.856. The summed E-state index contributed by atoms with van der Waals surface area (Å²) in [5, 5.41) is 0.702. The van der Waals surface area contributed by atoms with Crippen molar-refractivity contribution in [2.75, 3.05) is 0 Å². The lowest BCUT2D eigenvalue weighted by molar-refractivity contribution is 0.248. The highest BCUT2D eigenvalue weighted by Crippen LogP contribution is 2.37. The third kappa shape index (κ3) is 2.55. The highest BCUT2D eigenvalue weighted by molar-refractivity contribution is 6.31. The van der Waals surface area contributed by atoms with Gasteiger partial charge in [0.05, 0.1) is 5.02 Å². The number of aromatic nitrogens is 1. The van der Waals surface area contributed by atoms with Gasteiger partial charge in [-0.25, -0.2) is 0 Å². The second kappa shape index (κ2) is 5.15. The van der Waals surface area contributed by atoms with E-state index in [1.54, 1.807) is 12.4 Å². The van der Waals surface area contributed by atoms with Crippen LogP contribution >= 0.6 is 11.6 Å². The fraction of sp³-hybridized carbons (Fsp3) is 0.615. The van der Waals surface area contributed by atoms with E-state index >= 15 is 0 Å². The zero-order chi connectivity index (χ0) is 11.5. The largest absolute Gasteiger partial charge is 0.324 e. The Hall–Kier alpha value is -0.600. The standard InChI is InChI=1S/C13H19ClN2/c1-9-3-2-4-10(7-9)13(15)11-5-6-16-8-12(11)14/h5-6,8-10,13H,2-4,7,15H2,1H3. The summed E-state index contributed by atoms with van der Waals surface area (Å²) in [7, 11) is 0. The number of pyridine rings is 1. The summed E-state index contributed by atoms with van der Waals surface area (Å²) in [6, 6.07) is 2.02. The number of nitrogens with two attached hydrogens (primary N) is 1. The Morgan fingerprint density at radius 3 is 3.00 bits per heavy atom. The van der Waals surface area contributed by atoms with Crippen LogP contribution in [0.1, 0.15) is 44.2 Å². The minimum absolute atomic E-state index is 0.0678. The number of nitrogens with zero attached hydrogens (tertiary/aromatic N) is 1. The van der Waals surface area contributed by atoms with Crippen molar-refractivity contribution in [3.05, 3.63) is 29.0 Å². The highest BCUT2D eigenvalue weighted by atomic mass is 35.5. The highest BCUT2D eigenvalue weighted by Gasteiger charge is 2.26. The molecule has 2 N–H and O–H groups in total. The molecule has 0 saturated heterocycles. The zero-order valence-electron chi connectivity index (χ0n) is 9.70. The van der Waals surface area contributed by atoms with Gasteiger partial charge in [0.2, 0.25) is 0 Å². The minimum Gasteiger partial charge on any atom is -0.324 e. The van der Waals surface area contributed by atoms with Gasteiger partial charge >= 0.3 is 0 Å². The van der Waals surface area contributed by atoms with E-state index in [1.807, 2.05) is 6.07 Å². The lowest BCUT2D eigenvalue weighted by atomic mass is 9.77. The van der Waals surface area contributed by atoms with Crippen molar-refractivity contribution in [1.82, 2.24) is 4.98 Å². The van der Waals surface area contributed by atoms with E-state index in [2.05, 4.69) is 11.9 Å². The van der Waals surface area contributed by atoms with Crippen LogP contribution in [0.4, 0.5) is 0 Å². The Labute approximate surface area is 102 Å². The molecule has 2 nitrogen and oxygen atoms in total. The summed E-state index contributed by atoms with van der Waals surface area (Å²) in [6.07, 6.45) is 8.54. The summed E-state index contributed by atoms with van der Waals surface area (Å²) in [4.78, 5) is 4.00. The molecule has 3 unspecified atom stereocenters. The summed E-state index contributed by atoms with van der Waals surface area (Å²) in [5.74, 6) is 1.37. The van der Waals surface area contributed by atoms with Gasteiger partial charge in [0.15, 0.2) is 0 Å². The van der Waals surface area contributed by atoms with Crippen LogP contribution in [0.3, 0.4) is 0 Å². The van der Waals surface area contributed by atoms with Gasteiger partial charge in [-0.1, -0.05) is 31.4 Å². The Balaban J connectivity index is 2.12. The third-order valence-electron chi connectivity index (χ3n) is 3.65. The molecule has 0 aromatic carbocycles. The van der Waals surface area contributed by atoms with Crippen LogP contribution in [0.5, 0.6) is 0 Å². The zero-order valence-corrected chi connectivity index (χ0v) is 10.5. The predicted molar refractivity (Wildman–Crippen MR) is 67.3 cm³/mol. The summed E-state index contributed by atoms with van der Waals surface area (Å²) < 4.78 is 0. The molecular weight excluding hydrogens is 220 g/mol. The maximum Gasteiger partial charge on any atom is 0.0637 e. The van der Waals surface area contributed by atoms with Gasteiger partial charge in [-0.05, 0) is 36.3 Å². The number of halogens is 1. The summed E-state index contributed by atoms with van der Waals surface area (Å²) >= 11 is 6.13. The molecule has 3 atom stereocenters. The van der Waals surface area contributed by atoms with Gasteiger partial charge in [-0.3, -0.25) is 4.98 Å². The van der Waals surface area contributed by atoms with E-state index in [1.165, 1.54) is 25.7 Å². The first-order chi connectivity index (χ1) is 7.68. The Bertz CT molecular complexity index is 354. The Kier molecular flexibility index (Phi) is 3.82. The molecule has 1 aromatic rings. The van der Waals surface area contributed by atoms with E-state index in [4.69, 9.17) is 17.3 Å². The molecule has 16 heavy (non-hydrogen) atoms. The van der Waals surface area contributed by atoms with Crippen molar-refractivity contribution in [2.24, 2.45) is 17.6 Å². The summed E-state index contributed by atoms with van der Waals surface area (Å²) in [5.41, 5.74) is 7.37. The summed E-state index contributed by atoms with van der Waals surface area (Å²) in [6.45, 7) is 2.31. The van der Waals surface area contributed by atoms with Crippen LogP contribution in [-0.2, 0) is 0 Å². The molecule has 1 fully saturated rings. The molecule has 0 spiro atoms. The number of hydrogen-bond donors (Lipinski definition) is 1. The van der Waals surface area contributed by atoms with E-state index in [0.717, 1.165) is 11.5 Å². The Morgan fingerprint density at radius 2 is 2.31 bits per heavy atom. The fourth-order valence-electron chi connectivity index (χ4n) is 2.72. The SMILES string of the molecule is CC1CCCC(C(N)c2ccncc2Cl)C1. The molecule has 3 heteroatoms. The molecule has 0 radical (unpaired) electrons. The predicted octanol–water partition coefficient (Wildman–Crippen LogP) is 3.56. The van der Waals surface area contributed by atoms with Gasteiger partial charge in [-0.15, -0.1) is 0 Å². The van der Waals surface area contributed by atoms with Crippen molar-refractivity contribution in [1.29, 1.82) is 0 Å². The van der Waals surface area contributed by atoms with Crippen molar-refractivity contribution in [3.63, 3.8) is 0 Å². The van der Waals surface area contributed by atoms with Crippen LogP contribution in [0.25, 0.3) is 0 Å². The maximum atomic E-state index is 6.32. The molecule has 2 rings (SSSR count). The number of rotatable bonds is 2. The van der Waals surface area contributed by atoms with Crippen LogP contribution in [-0.4, -0.2) is 4.98 Å². The second-order valence-corrected chi connectivity index (χ2v) is 5.36. The lowest BCUT2D eigenvalue weighted by Gasteiger charge is -2.31. The molecule has 1 aliphatic rings. The fourth-order valence-corrected chi connectivity index (χ4v) is 2.96. The van der Waals surface area contributed by atoms with Crippen LogP contribution in [0.2, 0.25) is 5.02 Å². The first-order valence-corrected chi connectivity index (χ1v) is 6.41. The molecule has 1 aromatic heterocycles. The van der Waals surface area contributed by atoms with E-state index in [9.17, 15) is 0 Å². The third-order valence-corrected chi connectivity index (χ3v) is 3.96. The normalized spacial score (nSPS) is 27.7. The molecule has 0 aliphatic heterocycles. The van der Waals surface area contributed by atoms with Crippen LogP contribution in [0.15, 0.2) is 18.5 Å². The van der Waals surface area contributed by atoms with E-state index < -0.39 is 0 Å². The average molecular weight is 239 g/mol. The van der Waals surface area contributed by atoms with Crippen molar-refractivity contribution >= 4 is 11.6 Å². The van der Waals surface area contributed by atoms with Crippen LogP contribution in [0, 0.1) is 11.8 Å². The van der Waals surface area contributed by atoms with Gasteiger partial charge in [0, 0.05) is 18.4 Å². The van der Waals surface area contributed by atoms with E-state index in [0.29, 0.717) is 10.9 Å². The lowest BCUT2D eigenvalue weighted by Crippen LogP contribution is -2.26. The molecule has 0 bridgehead atoms. The smallest absolute Gasteiger partial charge is 0.0637 e. The topological polar surface area (TPSA) is 38.9 Å². The second-order valence-electron chi connectivity index (χ2n) is 4.95. The Morgan fingerprint density at radius 1 is 1.50 bits per heavy atom. The van der Waals surface area contributed by atoms with Gasteiger partial charge < -0.3 is 5.73 Å². The molecule has 1 heterocycles. The van der Waals surface area contributed by atoms with Crippen molar-refractivity contribution < 1.29 is 0 Å². The monoisotopic (exact) mass is 238 g/mol. The van der Waals surface area contributed by atoms with Crippen molar-refractivity contribution in [3.8, 4) is 0 Å². The average Bonchev–Trinajstić information content (AvgIpc) is 2.29. The molecule has 1 saturated carbocycles. The van der Waals surface area contributed by atoms with Gasteiger partial charge in [0.25, 0.3) is 0 Å². The van der Waals surface area contributed by atoms with Crippen molar-refractivity contribution in [2.45, 2.75) is 38.6 Å².